The molecule has 0 spiro atoms. The van der Waals surface area contributed by atoms with Gasteiger partial charge in [0.15, 0.2) is 0 Å². The molecule has 1 aromatic heterocycles. The summed E-state index contributed by atoms with van der Waals surface area (Å²) in [5.74, 6) is 0.736. The van der Waals surface area contributed by atoms with Crippen molar-refractivity contribution in [2.75, 3.05) is 31.1 Å². The fourth-order valence-corrected chi connectivity index (χ4v) is 3.34. The fraction of sp³-hybridized carbons (Fsp3) is 0.688. The second-order valence-corrected chi connectivity index (χ2v) is 6.45. The largest absolute Gasteiger partial charge is 0.372 e. The van der Waals surface area contributed by atoms with E-state index in [4.69, 9.17) is 4.74 Å². The van der Waals surface area contributed by atoms with Gasteiger partial charge in [-0.2, -0.15) is 0 Å². The van der Waals surface area contributed by atoms with Crippen LogP contribution in [0.3, 0.4) is 0 Å². The number of carbonyl (C=O) groups excluding carboxylic acids is 1. The molecule has 0 bridgehead atoms. The molecule has 0 aromatic carbocycles. The summed E-state index contributed by atoms with van der Waals surface area (Å²) in [7, 11) is 0. The predicted octanol–water partition coefficient (Wildman–Crippen LogP) is 1.26. The van der Waals surface area contributed by atoms with Gasteiger partial charge in [0, 0.05) is 44.6 Å². The molecule has 1 N–H and O–H groups in total. The topological polar surface area (TPSA) is 70.6 Å². The van der Waals surface area contributed by atoms with E-state index in [1.54, 1.807) is 12.4 Å². The Morgan fingerprint density at radius 2 is 1.91 bits per heavy atom. The van der Waals surface area contributed by atoms with Crippen molar-refractivity contribution < 1.29 is 9.53 Å². The van der Waals surface area contributed by atoms with Crippen LogP contribution in [0.25, 0.3) is 0 Å². The van der Waals surface area contributed by atoms with E-state index in [9.17, 15) is 4.79 Å². The smallest absolute Gasteiger partial charge is 0.317 e. The third kappa shape index (κ3) is 4.10. The van der Waals surface area contributed by atoms with Crippen LogP contribution in [-0.4, -0.2) is 65.3 Å². The number of urea groups is 1. The molecule has 0 radical (unpaired) electrons. The Kier molecular flexibility index (Phi) is 4.95. The van der Waals surface area contributed by atoms with E-state index in [-0.39, 0.29) is 24.3 Å². The van der Waals surface area contributed by atoms with Crippen LogP contribution in [0.5, 0.6) is 0 Å². The number of anilines is 1. The van der Waals surface area contributed by atoms with Gasteiger partial charge in [-0.05, 0) is 32.8 Å². The molecular weight excluding hydrogens is 294 g/mol. The highest BCUT2D eigenvalue weighted by molar-refractivity contribution is 5.74. The van der Waals surface area contributed by atoms with E-state index >= 15 is 0 Å². The number of nitrogens with one attached hydrogen (secondary N) is 1. The molecule has 0 saturated carbocycles. The minimum absolute atomic E-state index is 0.00725. The highest BCUT2D eigenvalue weighted by Crippen LogP contribution is 2.16. The molecule has 0 aliphatic carbocycles. The van der Waals surface area contributed by atoms with E-state index in [1.165, 1.54) is 0 Å². The van der Waals surface area contributed by atoms with Crippen LogP contribution in [0.2, 0.25) is 0 Å². The summed E-state index contributed by atoms with van der Waals surface area (Å²) < 4.78 is 5.68. The molecule has 23 heavy (non-hydrogen) atoms. The minimum atomic E-state index is 0.00725. The normalized spacial score (nSPS) is 28.5. The number of hydrogen-bond donors (Lipinski definition) is 1. The maximum absolute atomic E-state index is 12.5. The van der Waals surface area contributed by atoms with E-state index < -0.39 is 0 Å². The first kappa shape index (κ1) is 16.0. The number of hydrogen-bond acceptors (Lipinski definition) is 5. The highest BCUT2D eigenvalue weighted by Gasteiger charge is 2.29. The molecule has 0 unspecified atom stereocenters. The first-order chi connectivity index (χ1) is 11.1. The Labute approximate surface area is 137 Å². The Balaban J connectivity index is 1.56. The van der Waals surface area contributed by atoms with Crippen LogP contribution in [0.4, 0.5) is 10.7 Å². The van der Waals surface area contributed by atoms with Crippen LogP contribution < -0.4 is 10.2 Å². The van der Waals surface area contributed by atoms with Gasteiger partial charge in [0.25, 0.3) is 0 Å². The van der Waals surface area contributed by atoms with Crippen LogP contribution in [0, 0.1) is 0 Å². The number of ether oxygens (including phenoxy) is 1. The van der Waals surface area contributed by atoms with Crippen LogP contribution in [-0.2, 0) is 4.74 Å². The monoisotopic (exact) mass is 319 g/mol. The second-order valence-electron chi connectivity index (χ2n) is 6.45. The molecule has 2 fully saturated rings. The van der Waals surface area contributed by atoms with Crippen molar-refractivity contribution in [3.63, 3.8) is 0 Å². The minimum Gasteiger partial charge on any atom is -0.372 e. The Morgan fingerprint density at radius 3 is 2.61 bits per heavy atom. The number of rotatable bonds is 2. The van der Waals surface area contributed by atoms with Gasteiger partial charge in [0.05, 0.1) is 12.2 Å². The molecule has 2 saturated heterocycles. The molecule has 126 valence electrons. The zero-order valence-corrected chi connectivity index (χ0v) is 13.8. The summed E-state index contributed by atoms with van der Waals surface area (Å²) in [5.41, 5.74) is 0. The Hall–Kier alpha value is -1.89. The van der Waals surface area contributed by atoms with Crippen molar-refractivity contribution in [2.45, 2.75) is 44.9 Å². The summed E-state index contributed by atoms with van der Waals surface area (Å²) in [6, 6.07) is 1.95. The number of piperidine rings is 1. The zero-order valence-electron chi connectivity index (χ0n) is 13.8. The van der Waals surface area contributed by atoms with Crippen LogP contribution in [0.1, 0.15) is 26.7 Å². The molecule has 2 amide bonds. The Bertz CT molecular complexity index is 516. The zero-order chi connectivity index (χ0) is 16.2. The van der Waals surface area contributed by atoms with Crippen molar-refractivity contribution in [3.05, 3.63) is 18.5 Å². The summed E-state index contributed by atoms with van der Waals surface area (Å²) in [5, 5.41) is 3.16. The highest BCUT2D eigenvalue weighted by atomic mass is 16.5. The third-order valence-corrected chi connectivity index (χ3v) is 4.29. The van der Waals surface area contributed by atoms with Crippen molar-refractivity contribution in [2.24, 2.45) is 0 Å². The van der Waals surface area contributed by atoms with Crippen molar-refractivity contribution in [1.82, 2.24) is 20.2 Å². The number of amides is 2. The quantitative estimate of drug-likeness (QED) is 0.889. The van der Waals surface area contributed by atoms with E-state index in [2.05, 4.69) is 20.2 Å². The van der Waals surface area contributed by atoms with Crippen molar-refractivity contribution in [3.8, 4) is 0 Å². The molecular formula is C16H25N5O2. The maximum atomic E-state index is 12.5. The van der Waals surface area contributed by atoms with Gasteiger partial charge < -0.3 is 19.9 Å². The molecule has 7 heteroatoms. The second kappa shape index (κ2) is 7.12. The molecule has 3 rings (SSSR count). The van der Waals surface area contributed by atoms with Gasteiger partial charge in [-0.3, -0.25) is 0 Å². The lowest BCUT2D eigenvalue weighted by Gasteiger charge is -2.38. The number of nitrogens with zero attached hydrogens (tertiary/aromatic N) is 4. The molecule has 1 aromatic rings. The van der Waals surface area contributed by atoms with Gasteiger partial charge >= 0.3 is 6.03 Å². The lowest BCUT2D eigenvalue weighted by Crippen LogP contribution is -2.56. The average molecular weight is 319 g/mol. The summed E-state index contributed by atoms with van der Waals surface area (Å²) in [6.07, 6.45) is 5.70. The van der Waals surface area contributed by atoms with Crippen molar-refractivity contribution in [1.29, 1.82) is 0 Å². The average Bonchev–Trinajstić information content (AvgIpc) is 2.55. The maximum Gasteiger partial charge on any atom is 0.317 e. The molecule has 3 heterocycles. The van der Waals surface area contributed by atoms with Crippen LogP contribution in [0.15, 0.2) is 18.5 Å². The fourth-order valence-electron chi connectivity index (χ4n) is 3.34. The van der Waals surface area contributed by atoms with Gasteiger partial charge in [0.1, 0.15) is 0 Å². The van der Waals surface area contributed by atoms with Gasteiger partial charge in [-0.15, -0.1) is 0 Å². The van der Waals surface area contributed by atoms with Gasteiger partial charge in [-0.25, -0.2) is 14.8 Å². The van der Waals surface area contributed by atoms with Crippen LogP contribution >= 0.6 is 0 Å². The SMILES string of the molecule is C[C@@H]1CN(C(=O)N[C@@H]2CCCN(c3ncccn3)C2)C[C@@H](C)O1. The first-order valence-corrected chi connectivity index (χ1v) is 8.34. The molecule has 2 aliphatic rings. The summed E-state index contributed by atoms with van der Waals surface area (Å²) >= 11 is 0. The van der Waals surface area contributed by atoms with E-state index in [1.807, 2.05) is 24.8 Å². The number of aromatic nitrogens is 2. The lowest BCUT2D eigenvalue weighted by molar-refractivity contribution is -0.0548. The van der Waals surface area contributed by atoms with E-state index in [0.29, 0.717) is 13.1 Å². The number of carbonyl (C=O) groups is 1. The number of morpholine rings is 1. The lowest BCUT2D eigenvalue weighted by atomic mass is 10.1. The summed E-state index contributed by atoms with van der Waals surface area (Å²) in [6.45, 7) is 6.99. The van der Waals surface area contributed by atoms with Crippen molar-refractivity contribution >= 4 is 12.0 Å². The first-order valence-electron chi connectivity index (χ1n) is 8.34. The van der Waals surface area contributed by atoms with Gasteiger partial charge in [-0.1, -0.05) is 0 Å². The molecule has 2 aliphatic heterocycles. The van der Waals surface area contributed by atoms with Gasteiger partial charge in [0.2, 0.25) is 5.95 Å². The Morgan fingerprint density at radius 1 is 1.22 bits per heavy atom. The summed E-state index contributed by atoms with van der Waals surface area (Å²) in [4.78, 5) is 25.1. The molecule has 7 nitrogen and oxygen atoms in total. The predicted molar refractivity (Wildman–Crippen MR) is 87.4 cm³/mol. The standard InChI is InChI=1S/C16H25N5O2/c1-12-9-21(10-13(2)23-12)16(22)19-14-5-3-8-20(11-14)15-17-6-4-7-18-15/h4,6-7,12-14H,3,5,8-11H2,1-2H3,(H,19,22)/t12-,13-,14-/m1/s1. The van der Waals surface area contributed by atoms with E-state index in [0.717, 1.165) is 31.9 Å². The third-order valence-electron chi connectivity index (χ3n) is 4.29. The molecule has 3 atom stereocenters.